The van der Waals surface area contributed by atoms with Crippen molar-refractivity contribution < 1.29 is 13.6 Å². The quantitative estimate of drug-likeness (QED) is 0.854. The molecule has 0 aliphatic heterocycles. The number of carbonyl (C=O) groups is 1. The summed E-state index contributed by atoms with van der Waals surface area (Å²) in [5.41, 5.74) is 5.00. The molecule has 0 aliphatic rings. The van der Waals surface area contributed by atoms with Crippen molar-refractivity contribution in [2.24, 2.45) is 5.73 Å². The van der Waals surface area contributed by atoms with Crippen molar-refractivity contribution in [2.45, 2.75) is 40.7 Å². The molecule has 0 bridgehead atoms. The monoisotopic (exact) mass is 235 g/mol. The minimum absolute atomic E-state index is 0.241. The second kappa shape index (κ2) is 7.78. The van der Waals surface area contributed by atoms with Crippen molar-refractivity contribution in [1.29, 1.82) is 0 Å². The molecule has 0 saturated heterocycles. The highest BCUT2D eigenvalue weighted by molar-refractivity contribution is 5.79. The zero-order valence-corrected chi connectivity index (χ0v) is 10.3. The first kappa shape index (κ1) is 17.0. The number of alkyl halides is 2. The van der Waals surface area contributed by atoms with Gasteiger partial charge in [0.15, 0.2) is 0 Å². The lowest BCUT2D eigenvalue weighted by molar-refractivity contribution is -0.159. The van der Waals surface area contributed by atoms with Crippen LogP contribution in [0.15, 0.2) is 12.4 Å². The average molecular weight is 235 g/mol. The van der Waals surface area contributed by atoms with Gasteiger partial charge in [0.1, 0.15) is 0 Å². The number of hydrogen-bond acceptors (Lipinski definition) is 2. The molecule has 0 aliphatic carbocycles. The van der Waals surface area contributed by atoms with Crippen LogP contribution in [-0.4, -0.2) is 15.7 Å². The Morgan fingerprint density at radius 1 is 1.38 bits per heavy atom. The molecule has 0 radical (unpaired) electrons. The largest absolute Gasteiger partial charge is 0.422 e. The van der Waals surface area contributed by atoms with Crippen molar-refractivity contribution in [1.82, 2.24) is 9.78 Å². The van der Waals surface area contributed by atoms with E-state index in [-0.39, 0.29) is 4.68 Å². The third-order valence-corrected chi connectivity index (χ3v) is 1.30. The predicted octanol–water partition coefficient (Wildman–Crippen LogP) is 2.28. The van der Waals surface area contributed by atoms with E-state index in [1.165, 1.54) is 6.20 Å². The van der Waals surface area contributed by atoms with E-state index >= 15 is 0 Å². The van der Waals surface area contributed by atoms with Crippen molar-refractivity contribution >= 4 is 5.91 Å². The van der Waals surface area contributed by atoms with Gasteiger partial charge in [0, 0.05) is 6.20 Å². The van der Waals surface area contributed by atoms with Crippen LogP contribution < -0.4 is 5.73 Å². The standard InChI is InChI=1S/C6H7F2N3O.2C2H6/c1-4-2-10-11(3-4)6(7,8)5(9)12;2*1-2/h2-3H,1H3,(H2,9,12);2*1-2H3. The Morgan fingerprint density at radius 3 is 2.06 bits per heavy atom. The second-order valence-electron chi connectivity index (χ2n) is 2.37. The molecular formula is C10H19F2N3O. The number of nitrogens with two attached hydrogens (primary N) is 1. The SMILES string of the molecule is CC.CC.Cc1cnn(C(F)(F)C(N)=O)c1. The van der Waals surface area contributed by atoms with Gasteiger partial charge in [-0.3, -0.25) is 4.79 Å². The summed E-state index contributed by atoms with van der Waals surface area (Å²) in [6.07, 6.45) is 2.27. The zero-order chi connectivity index (χ0) is 13.4. The molecule has 6 heteroatoms. The van der Waals surface area contributed by atoms with Crippen LogP contribution in [0.25, 0.3) is 0 Å². The van der Waals surface area contributed by atoms with E-state index < -0.39 is 12.0 Å². The first-order valence-corrected chi connectivity index (χ1v) is 5.14. The summed E-state index contributed by atoms with van der Waals surface area (Å²) in [5.74, 6) is -1.72. The number of halogens is 2. The molecule has 1 aromatic heterocycles. The van der Waals surface area contributed by atoms with Crippen LogP contribution in [0.5, 0.6) is 0 Å². The number of carbonyl (C=O) groups excluding carboxylic acids is 1. The van der Waals surface area contributed by atoms with Gasteiger partial charge >= 0.3 is 12.0 Å². The number of aromatic nitrogens is 2. The van der Waals surface area contributed by atoms with Crippen LogP contribution in [-0.2, 0) is 10.8 Å². The number of amides is 1. The average Bonchev–Trinajstić information content (AvgIpc) is 2.71. The van der Waals surface area contributed by atoms with Gasteiger partial charge in [0.25, 0.3) is 0 Å². The minimum Gasteiger partial charge on any atom is -0.363 e. The zero-order valence-electron chi connectivity index (χ0n) is 10.3. The van der Waals surface area contributed by atoms with Crippen LogP contribution >= 0.6 is 0 Å². The Bertz CT molecular complexity index is 311. The van der Waals surface area contributed by atoms with Gasteiger partial charge < -0.3 is 5.73 Å². The molecule has 1 rings (SSSR count). The first-order valence-electron chi connectivity index (χ1n) is 5.14. The molecule has 0 saturated carbocycles. The summed E-state index contributed by atoms with van der Waals surface area (Å²) in [4.78, 5) is 10.2. The van der Waals surface area contributed by atoms with Crippen LogP contribution in [0.3, 0.4) is 0 Å². The third-order valence-electron chi connectivity index (χ3n) is 1.30. The number of primary amides is 1. The molecule has 2 N–H and O–H groups in total. The Kier molecular flexibility index (Phi) is 8.25. The van der Waals surface area contributed by atoms with Crippen molar-refractivity contribution in [3.8, 4) is 0 Å². The highest BCUT2D eigenvalue weighted by Crippen LogP contribution is 2.18. The molecular weight excluding hydrogens is 216 g/mol. The maximum Gasteiger partial charge on any atom is 0.422 e. The number of rotatable bonds is 2. The van der Waals surface area contributed by atoms with Crippen LogP contribution in [0, 0.1) is 6.92 Å². The highest BCUT2D eigenvalue weighted by Gasteiger charge is 2.39. The summed E-state index contributed by atoms with van der Waals surface area (Å²) >= 11 is 0. The molecule has 4 nitrogen and oxygen atoms in total. The van der Waals surface area contributed by atoms with Crippen molar-refractivity contribution in [3.05, 3.63) is 18.0 Å². The van der Waals surface area contributed by atoms with Gasteiger partial charge in [0.05, 0.1) is 6.20 Å². The van der Waals surface area contributed by atoms with E-state index in [0.29, 0.717) is 5.56 Å². The molecule has 94 valence electrons. The summed E-state index contributed by atoms with van der Waals surface area (Å²) < 4.78 is 25.7. The fourth-order valence-electron chi connectivity index (χ4n) is 0.679. The molecule has 16 heavy (non-hydrogen) atoms. The van der Waals surface area contributed by atoms with E-state index in [4.69, 9.17) is 0 Å². The molecule has 0 aromatic carbocycles. The molecule has 0 spiro atoms. The maximum atomic E-state index is 12.7. The van der Waals surface area contributed by atoms with Gasteiger partial charge in [-0.1, -0.05) is 27.7 Å². The summed E-state index contributed by atoms with van der Waals surface area (Å²) in [6.45, 7) is 9.58. The smallest absolute Gasteiger partial charge is 0.363 e. The van der Waals surface area contributed by atoms with E-state index in [2.05, 4.69) is 10.8 Å². The third kappa shape index (κ3) is 4.37. The van der Waals surface area contributed by atoms with Crippen molar-refractivity contribution in [3.63, 3.8) is 0 Å². The lowest BCUT2D eigenvalue weighted by Crippen LogP contribution is -2.38. The topological polar surface area (TPSA) is 60.9 Å². The molecule has 0 unspecified atom stereocenters. The molecule has 0 fully saturated rings. The minimum atomic E-state index is -3.74. The summed E-state index contributed by atoms with van der Waals surface area (Å²) in [5, 5.41) is 3.27. The van der Waals surface area contributed by atoms with E-state index in [1.807, 2.05) is 27.7 Å². The molecule has 1 aromatic rings. The van der Waals surface area contributed by atoms with Gasteiger partial charge in [0.2, 0.25) is 0 Å². The summed E-state index contributed by atoms with van der Waals surface area (Å²) in [7, 11) is 0. The molecule has 1 amide bonds. The molecule has 0 atom stereocenters. The maximum absolute atomic E-state index is 12.7. The number of aryl methyl sites for hydroxylation is 1. The fourth-order valence-corrected chi connectivity index (χ4v) is 0.679. The van der Waals surface area contributed by atoms with E-state index in [9.17, 15) is 13.6 Å². The first-order chi connectivity index (χ1) is 7.44. The second-order valence-corrected chi connectivity index (χ2v) is 2.37. The number of hydrogen-bond donors (Lipinski definition) is 1. The normalized spacial score (nSPS) is 9.44. The van der Waals surface area contributed by atoms with Gasteiger partial charge in [-0.25, -0.2) is 4.68 Å². The Balaban J connectivity index is 0. The van der Waals surface area contributed by atoms with Crippen LogP contribution in [0.1, 0.15) is 33.3 Å². The molecule has 1 heterocycles. The Morgan fingerprint density at radius 2 is 1.81 bits per heavy atom. The Labute approximate surface area is 94.4 Å². The Hall–Kier alpha value is -1.46. The fraction of sp³-hybridized carbons (Fsp3) is 0.600. The lowest BCUT2D eigenvalue weighted by atomic mass is 10.4. The van der Waals surface area contributed by atoms with Crippen LogP contribution in [0.2, 0.25) is 0 Å². The van der Waals surface area contributed by atoms with Crippen molar-refractivity contribution in [2.75, 3.05) is 0 Å². The lowest BCUT2D eigenvalue weighted by Gasteiger charge is -2.11. The van der Waals surface area contributed by atoms with E-state index in [1.54, 1.807) is 6.92 Å². The highest BCUT2D eigenvalue weighted by atomic mass is 19.3. The van der Waals surface area contributed by atoms with Gasteiger partial charge in [-0.15, -0.1) is 0 Å². The van der Waals surface area contributed by atoms with Gasteiger partial charge in [-0.2, -0.15) is 13.9 Å². The van der Waals surface area contributed by atoms with Gasteiger partial charge in [-0.05, 0) is 12.5 Å². The summed E-state index contributed by atoms with van der Waals surface area (Å²) in [6, 6.07) is -3.74. The predicted molar refractivity (Wildman–Crippen MR) is 59.0 cm³/mol. The van der Waals surface area contributed by atoms with E-state index in [0.717, 1.165) is 6.20 Å². The van der Waals surface area contributed by atoms with Crippen LogP contribution in [0.4, 0.5) is 8.78 Å². The number of nitrogens with zero attached hydrogens (tertiary/aromatic N) is 2.